The number of carbonyl (C=O) groups excluding carboxylic acids is 1. The van der Waals surface area contributed by atoms with Gasteiger partial charge in [0.2, 0.25) is 0 Å². The Bertz CT molecular complexity index is 1210. The van der Waals surface area contributed by atoms with Gasteiger partial charge in [-0.3, -0.25) is 9.69 Å². The van der Waals surface area contributed by atoms with E-state index < -0.39 is 0 Å². The van der Waals surface area contributed by atoms with Gasteiger partial charge in [0.25, 0.3) is 5.91 Å². The minimum absolute atomic E-state index is 0.0339. The summed E-state index contributed by atoms with van der Waals surface area (Å²) in [4.78, 5) is 17.7. The molecule has 4 heteroatoms. The summed E-state index contributed by atoms with van der Waals surface area (Å²) in [5.74, 6) is -0.148. The molecule has 0 aromatic heterocycles. The molecule has 0 radical (unpaired) electrons. The van der Waals surface area contributed by atoms with Crippen molar-refractivity contribution in [2.75, 3.05) is 26.2 Å². The Morgan fingerprint density at radius 2 is 1.31 bits per heavy atom. The van der Waals surface area contributed by atoms with Crippen LogP contribution in [0.2, 0.25) is 0 Å². The highest BCUT2D eigenvalue weighted by atomic mass is 19.1. The zero-order valence-corrected chi connectivity index (χ0v) is 17.8. The number of hydrogen-bond donors (Lipinski definition) is 0. The van der Waals surface area contributed by atoms with Crippen LogP contribution in [0.15, 0.2) is 97.1 Å². The molecule has 0 unspecified atom stereocenters. The third-order valence-electron chi connectivity index (χ3n) is 6.29. The van der Waals surface area contributed by atoms with E-state index in [9.17, 15) is 9.18 Å². The third-order valence-corrected chi connectivity index (χ3v) is 6.29. The van der Waals surface area contributed by atoms with Crippen molar-refractivity contribution in [1.82, 2.24) is 9.80 Å². The van der Waals surface area contributed by atoms with E-state index in [2.05, 4.69) is 17.0 Å². The third kappa shape index (κ3) is 4.02. The molecule has 1 atom stereocenters. The molecule has 0 aliphatic carbocycles. The lowest BCUT2D eigenvalue weighted by Gasteiger charge is -2.40. The molecular weight excluding hydrogens is 399 g/mol. The number of benzene rings is 4. The number of hydrogen-bond acceptors (Lipinski definition) is 2. The lowest BCUT2D eigenvalue weighted by atomic mass is 9.96. The van der Waals surface area contributed by atoms with E-state index in [4.69, 9.17) is 0 Å². The summed E-state index contributed by atoms with van der Waals surface area (Å²) in [6, 6.07) is 31.0. The van der Waals surface area contributed by atoms with Gasteiger partial charge in [-0.15, -0.1) is 0 Å². The first-order chi connectivity index (χ1) is 15.7. The molecule has 0 bridgehead atoms. The topological polar surface area (TPSA) is 23.6 Å². The molecule has 3 nitrogen and oxygen atoms in total. The first kappa shape index (κ1) is 20.4. The molecule has 5 rings (SSSR count). The van der Waals surface area contributed by atoms with Crippen LogP contribution < -0.4 is 0 Å². The fourth-order valence-electron chi connectivity index (χ4n) is 4.66. The molecule has 160 valence electrons. The Morgan fingerprint density at radius 1 is 0.688 bits per heavy atom. The van der Waals surface area contributed by atoms with Crippen molar-refractivity contribution in [1.29, 1.82) is 0 Å². The highest BCUT2D eigenvalue weighted by Crippen LogP contribution is 2.30. The van der Waals surface area contributed by atoms with Gasteiger partial charge in [-0.2, -0.15) is 0 Å². The summed E-state index contributed by atoms with van der Waals surface area (Å²) in [6.07, 6.45) is 0. The van der Waals surface area contributed by atoms with Gasteiger partial charge < -0.3 is 4.90 Å². The average molecular weight is 425 g/mol. The smallest absolute Gasteiger partial charge is 0.254 e. The fraction of sp³-hybridized carbons (Fsp3) is 0.179. The Labute approximate surface area is 187 Å². The molecule has 1 heterocycles. The van der Waals surface area contributed by atoms with Crippen molar-refractivity contribution in [2.24, 2.45) is 0 Å². The van der Waals surface area contributed by atoms with Gasteiger partial charge in [-0.05, 0) is 40.1 Å². The second-order valence-corrected chi connectivity index (χ2v) is 8.22. The van der Waals surface area contributed by atoms with Crippen LogP contribution in [0.3, 0.4) is 0 Å². The zero-order valence-electron chi connectivity index (χ0n) is 17.8. The Balaban J connectivity index is 1.37. The maximum absolute atomic E-state index is 13.5. The van der Waals surface area contributed by atoms with Gasteiger partial charge in [0.05, 0.1) is 6.04 Å². The predicted molar refractivity (Wildman–Crippen MR) is 126 cm³/mol. The maximum Gasteiger partial charge on any atom is 0.254 e. The van der Waals surface area contributed by atoms with E-state index in [1.54, 1.807) is 0 Å². The predicted octanol–water partition coefficient (Wildman–Crippen LogP) is 5.53. The van der Waals surface area contributed by atoms with Crippen molar-refractivity contribution in [3.05, 3.63) is 120 Å². The van der Waals surface area contributed by atoms with Crippen molar-refractivity contribution in [3.8, 4) is 0 Å². The Hall–Kier alpha value is -3.50. The summed E-state index contributed by atoms with van der Waals surface area (Å²) < 4.78 is 13.5. The first-order valence-corrected chi connectivity index (χ1v) is 11.0. The SMILES string of the molecule is O=C(c1cccc2ccccc12)N1CCN([C@H](c2ccccc2)c2ccc(F)cc2)CC1. The highest BCUT2D eigenvalue weighted by molar-refractivity contribution is 6.07. The summed E-state index contributed by atoms with van der Waals surface area (Å²) in [5.41, 5.74) is 2.99. The molecular formula is C28H25FN2O. The van der Waals surface area contributed by atoms with Crippen LogP contribution in [0.25, 0.3) is 10.8 Å². The number of rotatable bonds is 4. The number of carbonyl (C=O) groups is 1. The summed E-state index contributed by atoms with van der Waals surface area (Å²) >= 11 is 0. The standard InChI is InChI=1S/C28H25FN2O/c29-24-15-13-23(14-16-24)27(22-8-2-1-3-9-22)30-17-19-31(20-18-30)28(32)26-12-6-10-21-7-4-5-11-25(21)26/h1-16,27H,17-20H2/t27-/m1/s1. The second kappa shape index (κ2) is 8.93. The monoisotopic (exact) mass is 424 g/mol. The van der Waals surface area contributed by atoms with Crippen molar-refractivity contribution < 1.29 is 9.18 Å². The van der Waals surface area contributed by atoms with Crippen LogP contribution in [0.4, 0.5) is 4.39 Å². The van der Waals surface area contributed by atoms with Gasteiger partial charge in [-0.25, -0.2) is 4.39 Å². The van der Waals surface area contributed by atoms with E-state index in [1.807, 2.05) is 77.7 Å². The van der Waals surface area contributed by atoms with Gasteiger partial charge in [0.15, 0.2) is 0 Å². The maximum atomic E-state index is 13.5. The first-order valence-electron chi connectivity index (χ1n) is 11.0. The fourth-order valence-corrected chi connectivity index (χ4v) is 4.66. The van der Waals surface area contributed by atoms with Crippen LogP contribution in [0.1, 0.15) is 27.5 Å². The number of piperazine rings is 1. The molecule has 32 heavy (non-hydrogen) atoms. The van der Waals surface area contributed by atoms with Gasteiger partial charge in [0, 0.05) is 31.7 Å². The van der Waals surface area contributed by atoms with Crippen LogP contribution in [0, 0.1) is 5.82 Å². The van der Waals surface area contributed by atoms with Crippen molar-refractivity contribution >= 4 is 16.7 Å². The zero-order chi connectivity index (χ0) is 21.9. The largest absolute Gasteiger partial charge is 0.336 e. The lowest BCUT2D eigenvalue weighted by molar-refractivity contribution is 0.0599. The Morgan fingerprint density at radius 3 is 2.06 bits per heavy atom. The van der Waals surface area contributed by atoms with Crippen LogP contribution in [-0.2, 0) is 0 Å². The quantitative estimate of drug-likeness (QED) is 0.430. The molecule has 4 aromatic carbocycles. The molecule has 0 spiro atoms. The summed E-state index contributed by atoms with van der Waals surface area (Å²) in [7, 11) is 0. The van der Waals surface area contributed by atoms with Gasteiger partial charge >= 0.3 is 0 Å². The van der Waals surface area contributed by atoms with E-state index in [-0.39, 0.29) is 17.8 Å². The summed E-state index contributed by atoms with van der Waals surface area (Å²) in [5, 5.41) is 2.08. The molecule has 1 saturated heterocycles. The Kier molecular flexibility index (Phi) is 5.70. The lowest BCUT2D eigenvalue weighted by Crippen LogP contribution is -2.49. The number of nitrogens with zero attached hydrogens (tertiary/aromatic N) is 2. The number of fused-ring (bicyclic) bond motifs is 1. The van der Waals surface area contributed by atoms with E-state index in [0.717, 1.165) is 35.0 Å². The molecule has 1 fully saturated rings. The number of halogens is 1. The van der Waals surface area contributed by atoms with Crippen molar-refractivity contribution in [2.45, 2.75) is 6.04 Å². The molecule has 1 aliphatic heterocycles. The van der Waals surface area contributed by atoms with E-state index in [0.29, 0.717) is 13.1 Å². The van der Waals surface area contributed by atoms with Crippen LogP contribution in [0.5, 0.6) is 0 Å². The van der Waals surface area contributed by atoms with Gasteiger partial charge in [0.1, 0.15) is 5.82 Å². The molecule has 1 aliphatic rings. The van der Waals surface area contributed by atoms with Crippen LogP contribution >= 0.6 is 0 Å². The summed E-state index contributed by atoms with van der Waals surface area (Å²) in [6.45, 7) is 2.83. The molecule has 0 saturated carbocycles. The minimum Gasteiger partial charge on any atom is -0.336 e. The van der Waals surface area contributed by atoms with E-state index >= 15 is 0 Å². The molecule has 1 amide bonds. The second-order valence-electron chi connectivity index (χ2n) is 8.22. The van der Waals surface area contributed by atoms with Crippen molar-refractivity contribution in [3.63, 3.8) is 0 Å². The highest BCUT2D eigenvalue weighted by Gasteiger charge is 2.29. The average Bonchev–Trinajstić information content (AvgIpc) is 2.86. The van der Waals surface area contributed by atoms with E-state index in [1.165, 1.54) is 17.7 Å². The van der Waals surface area contributed by atoms with Gasteiger partial charge in [-0.1, -0.05) is 78.9 Å². The minimum atomic E-state index is -0.230. The number of amides is 1. The molecule has 4 aromatic rings. The normalized spacial score (nSPS) is 15.6. The van der Waals surface area contributed by atoms with Crippen LogP contribution in [-0.4, -0.2) is 41.9 Å². The molecule has 0 N–H and O–H groups in total.